The number of aryl methyl sites for hydroxylation is 1. The van der Waals surface area contributed by atoms with Gasteiger partial charge in [-0.2, -0.15) is 0 Å². The van der Waals surface area contributed by atoms with Crippen molar-refractivity contribution in [2.45, 2.75) is 32.6 Å². The Hall–Kier alpha value is -7.53. The minimum atomic E-state index is -0.429. The van der Waals surface area contributed by atoms with E-state index in [0.29, 0.717) is 28.4 Å². The molecule has 0 unspecified atom stereocenters. The van der Waals surface area contributed by atoms with E-state index in [1.54, 1.807) is 6.20 Å². The van der Waals surface area contributed by atoms with E-state index in [2.05, 4.69) is 143 Å². The van der Waals surface area contributed by atoms with Crippen LogP contribution in [0.15, 0.2) is 182 Å². The van der Waals surface area contributed by atoms with Crippen molar-refractivity contribution in [2.24, 2.45) is 0 Å². The van der Waals surface area contributed by atoms with Crippen LogP contribution >= 0.6 is 0 Å². The molecule has 2 aliphatic heterocycles. The van der Waals surface area contributed by atoms with Crippen LogP contribution in [0.25, 0.3) is 83.4 Å². The van der Waals surface area contributed by atoms with Crippen molar-refractivity contribution in [2.75, 3.05) is 18.0 Å². The average Bonchev–Trinajstić information content (AvgIpc) is 3.91. The maximum absolute atomic E-state index is 8.63. The molecule has 0 aliphatic carbocycles. The monoisotopic (exact) mass is 1060 g/mol. The molecule has 8 aromatic carbocycles. The number of pyridine rings is 1. The number of para-hydroxylation sites is 3. The summed E-state index contributed by atoms with van der Waals surface area (Å²) in [6.45, 7) is 4.03. The quantitative estimate of drug-likeness (QED) is 0.142. The standard InChI is InChI=1S/C61H45N5O.Pt/c1-41-36-57(62-39-52(41)42-18-5-2-6-19-42)66-53-29-12-11-26-48(53)49-33-32-47(38-56(49)66)67-46-25-15-24-45(37-46)64-40-65(55-31-14-13-30-54(55)64)61-58(43-20-7-3-8-21-43)50-27-16-34-63-35-17-28-51(60(50)63)59(61)44-22-9-4-10-23-44;/h2-15,18-26,29-33,36,39H,16-17,27-28,34-35H2,1H3;/q-2;/i2D,5D,6D,18D,19D;. The first-order valence-corrected chi connectivity index (χ1v) is 24.3. The molecule has 0 spiro atoms. The molecule has 0 amide bonds. The Kier molecular flexibility index (Phi) is 8.73. The summed E-state index contributed by atoms with van der Waals surface area (Å²) in [5, 5.41) is 1.97. The molecule has 0 atom stereocenters. The van der Waals surface area contributed by atoms with E-state index in [-0.39, 0.29) is 29.7 Å². The predicted molar refractivity (Wildman–Crippen MR) is 272 cm³/mol. The number of ether oxygens (including phenoxy) is 1. The van der Waals surface area contributed by atoms with E-state index in [0.717, 1.165) is 81.1 Å². The predicted octanol–water partition coefficient (Wildman–Crippen LogP) is 14.4. The summed E-state index contributed by atoms with van der Waals surface area (Å²) in [4.78, 5) is 7.53. The summed E-state index contributed by atoms with van der Waals surface area (Å²) >= 11 is 2.52. The summed E-state index contributed by atoms with van der Waals surface area (Å²) in [6.07, 6.45) is 5.87. The molecular formula is C61H45N5OPt-2. The Morgan fingerprint density at radius 3 is 1.91 bits per heavy atom. The number of imidazole rings is 1. The van der Waals surface area contributed by atoms with Crippen molar-refractivity contribution in [3.63, 3.8) is 0 Å². The van der Waals surface area contributed by atoms with Gasteiger partial charge in [0.05, 0.1) is 6.85 Å². The fourth-order valence-electron chi connectivity index (χ4n) is 10.8. The molecule has 332 valence electrons. The van der Waals surface area contributed by atoms with Crippen molar-refractivity contribution < 1.29 is 30.9 Å². The molecule has 3 aromatic heterocycles. The third-order valence-corrected chi connectivity index (χ3v) is 14.6. The first-order chi connectivity index (χ1) is 35.7. The maximum atomic E-state index is 8.63. The van der Waals surface area contributed by atoms with E-state index in [9.17, 15) is 0 Å². The molecule has 0 saturated heterocycles. The third kappa shape index (κ3) is 6.64. The summed E-state index contributed by atoms with van der Waals surface area (Å²) in [5.74, 6) is 1.62. The normalized spacial score (nSPS) is 14.4. The zero-order chi connectivity index (χ0) is 49.6. The molecule has 6 nitrogen and oxygen atoms in total. The first kappa shape index (κ1) is 35.6. The van der Waals surface area contributed by atoms with Gasteiger partial charge in [-0.15, -0.1) is 0 Å². The van der Waals surface area contributed by atoms with Crippen LogP contribution in [-0.2, 0) is 32.2 Å². The number of rotatable bonds is 8. The third-order valence-electron chi connectivity index (χ3n) is 13.6. The molecule has 13 rings (SSSR count). The van der Waals surface area contributed by atoms with Crippen LogP contribution in [0.1, 0.15) is 36.4 Å². The van der Waals surface area contributed by atoms with Gasteiger partial charge in [-0.25, -0.2) is 0 Å². The van der Waals surface area contributed by atoms with Gasteiger partial charge in [-0.3, -0.25) is 0 Å². The van der Waals surface area contributed by atoms with Gasteiger partial charge in [0.15, 0.2) is 0 Å². The molecule has 5 heterocycles. The molecule has 7 heteroatoms. The van der Waals surface area contributed by atoms with Gasteiger partial charge in [-0.05, 0) is 18.1 Å². The van der Waals surface area contributed by atoms with Crippen LogP contribution in [0.4, 0.5) is 5.69 Å². The van der Waals surface area contributed by atoms with Gasteiger partial charge in [-0.1, -0.05) is 42.3 Å². The summed E-state index contributed by atoms with van der Waals surface area (Å²) in [7, 11) is 0. The SMILES string of the molecule is [2H]c1c([2H])c([2H])c(-c2cnc(-n3c4[c-]c(Oc5[c-]c(-n6[c](=[Pt])n(-c7c(-c8ccccc8)c8c9c(c7-c7ccccc7)CCCN9CCC8)c7ccccc76)ccc5)ccc4c4ccccc43)cc2C)c([2H])c1[2H]. The second-order valence-electron chi connectivity index (χ2n) is 17.5. The Morgan fingerprint density at radius 2 is 1.22 bits per heavy atom. The second kappa shape index (κ2) is 16.7. The van der Waals surface area contributed by atoms with Gasteiger partial charge in [0.25, 0.3) is 0 Å². The summed E-state index contributed by atoms with van der Waals surface area (Å²) < 4.78 is 56.5. The van der Waals surface area contributed by atoms with Crippen molar-refractivity contribution in [1.82, 2.24) is 18.7 Å². The molecule has 2 aliphatic rings. The molecule has 0 N–H and O–H groups in total. The van der Waals surface area contributed by atoms with Crippen molar-refractivity contribution >= 4 is 38.5 Å². The number of anilines is 1. The van der Waals surface area contributed by atoms with E-state index in [1.807, 2.05) is 60.0 Å². The number of nitrogens with zero attached hydrogens (tertiary/aromatic N) is 5. The van der Waals surface area contributed by atoms with Crippen LogP contribution in [0.3, 0.4) is 0 Å². The van der Waals surface area contributed by atoms with E-state index < -0.39 is 6.04 Å². The van der Waals surface area contributed by atoms with Crippen molar-refractivity contribution in [1.29, 1.82) is 0 Å². The van der Waals surface area contributed by atoms with E-state index >= 15 is 0 Å². The number of hydrogen-bond donors (Lipinski definition) is 0. The second-order valence-corrected chi connectivity index (χ2v) is 18.5. The number of fused-ring (bicyclic) bond motifs is 4. The Morgan fingerprint density at radius 1 is 0.588 bits per heavy atom. The molecule has 68 heavy (non-hydrogen) atoms. The topological polar surface area (TPSA) is 40.1 Å². The Balaban J connectivity index is 0.947. The molecular weight excluding hydrogens is 1010 g/mol. The van der Waals surface area contributed by atoms with Gasteiger partial charge in [0.2, 0.25) is 0 Å². The van der Waals surface area contributed by atoms with Gasteiger partial charge < -0.3 is 0 Å². The van der Waals surface area contributed by atoms with Gasteiger partial charge in [0, 0.05) is 11.8 Å². The van der Waals surface area contributed by atoms with Crippen molar-refractivity contribution in [3.8, 4) is 62.1 Å². The first-order valence-electron chi connectivity index (χ1n) is 25.6. The van der Waals surface area contributed by atoms with Gasteiger partial charge >= 0.3 is 336 Å². The fraction of sp³-hybridized carbons (Fsp3) is 0.115. The Labute approximate surface area is 413 Å². The van der Waals surface area contributed by atoms with Gasteiger partial charge in [0.1, 0.15) is 0 Å². The average molecular weight is 1060 g/mol. The zero-order valence-corrected chi connectivity index (χ0v) is 39.4. The molecule has 0 saturated carbocycles. The van der Waals surface area contributed by atoms with E-state index in [1.165, 1.54) is 44.8 Å². The minimum Gasteiger partial charge on any atom is -0.0616 e. The smallest absolute Gasteiger partial charge is 0.0616 e. The van der Waals surface area contributed by atoms with E-state index in [4.69, 9.17) is 16.6 Å². The number of benzene rings is 8. The van der Waals surface area contributed by atoms with Crippen LogP contribution in [0, 0.1) is 22.9 Å². The number of hydrogen-bond acceptors (Lipinski definition) is 3. The number of aromatic nitrogens is 4. The molecule has 0 bridgehead atoms. The van der Waals surface area contributed by atoms with Crippen LogP contribution in [-0.4, -0.2) is 31.8 Å². The van der Waals surface area contributed by atoms with Crippen molar-refractivity contribution in [3.05, 3.63) is 215 Å². The Bertz CT molecular complexity index is 4030. The molecule has 11 aromatic rings. The van der Waals surface area contributed by atoms with Crippen LogP contribution in [0.5, 0.6) is 11.5 Å². The van der Waals surface area contributed by atoms with Crippen LogP contribution < -0.4 is 9.64 Å². The fourth-order valence-corrected chi connectivity index (χ4v) is 11.8. The minimum absolute atomic E-state index is 0.122. The summed E-state index contributed by atoms with van der Waals surface area (Å²) in [6, 6.07) is 56.1. The molecule has 0 fully saturated rings. The summed E-state index contributed by atoms with van der Waals surface area (Å²) in [5.41, 5.74) is 16.5. The van der Waals surface area contributed by atoms with Crippen LogP contribution in [0.2, 0.25) is 0 Å². The zero-order valence-electron chi connectivity index (χ0n) is 42.1. The molecule has 0 radical (unpaired) electrons.